The van der Waals surface area contributed by atoms with Gasteiger partial charge in [-0.05, 0) is 61.7 Å². The van der Waals surface area contributed by atoms with Crippen LogP contribution in [0.3, 0.4) is 0 Å². The Bertz CT molecular complexity index is 1390. The van der Waals surface area contributed by atoms with Crippen molar-refractivity contribution in [3.05, 3.63) is 95.6 Å². The first kappa shape index (κ1) is 29.8. The second-order valence-electron chi connectivity index (χ2n) is 9.74. The maximum absolute atomic E-state index is 14.9. The Kier molecular flexibility index (Phi) is 9.80. The van der Waals surface area contributed by atoms with Crippen LogP contribution in [0.2, 0.25) is 0 Å². The second kappa shape index (κ2) is 12.8. The third kappa shape index (κ3) is 7.63. The number of sulfonamides is 1. The van der Waals surface area contributed by atoms with Crippen LogP contribution in [0, 0.1) is 24.5 Å². The van der Waals surface area contributed by atoms with Gasteiger partial charge in [-0.15, -0.1) is 0 Å². The van der Waals surface area contributed by atoms with Crippen LogP contribution in [0.4, 0.5) is 14.5 Å². The SMILES string of the molecule is Cc1ccc(S(=O)(=O)N(CC(=O)N(Cc2ccc(F)cc2)[C@@H](C)C(=O)NCC(C)C)c2ccccc2F)cc1. The number of hydrogen-bond acceptors (Lipinski definition) is 4. The Balaban J connectivity index is 2.02. The van der Waals surface area contributed by atoms with Gasteiger partial charge in [0.1, 0.15) is 24.2 Å². The summed E-state index contributed by atoms with van der Waals surface area (Å²) < 4.78 is 56.5. The Morgan fingerprint density at radius 1 is 0.897 bits per heavy atom. The van der Waals surface area contributed by atoms with Crippen LogP contribution < -0.4 is 9.62 Å². The lowest BCUT2D eigenvalue weighted by Crippen LogP contribution is -2.51. The number of benzene rings is 3. The van der Waals surface area contributed by atoms with Gasteiger partial charge in [-0.3, -0.25) is 13.9 Å². The Labute approximate surface area is 228 Å². The van der Waals surface area contributed by atoms with Crippen LogP contribution in [-0.4, -0.2) is 44.3 Å². The first-order valence-corrected chi connectivity index (χ1v) is 14.0. The molecule has 0 unspecified atom stereocenters. The summed E-state index contributed by atoms with van der Waals surface area (Å²) >= 11 is 0. The van der Waals surface area contributed by atoms with E-state index in [-0.39, 0.29) is 23.0 Å². The van der Waals surface area contributed by atoms with Crippen molar-refractivity contribution in [2.24, 2.45) is 5.92 Å². The quantitative estimate of drug-likeness (QED) is 0.372. The summed E-state index contributed by atoms with van der Waals surface area (Å²) in [7, 11) is -4.37. The van der Waals surface area contributed by atoms with E-state index >= 15 is 0 Å². The molecule has 10 heteroatoms. The average molecular weight is 558 g/mol. The monoisotopic (exact) mass is 557 g/mol. The summed E-state index contributed by atoms with van der Waals surface area (Å²) in [5, 5.41) is 2.78. The number of aryl methyl sites for hydroxylation is 1. The standard InChI is InChI=1S/C29H33F2N3O4S/c1-20(2)17-32-29(36)22(4)33(18-23-11-13-24(30)14-12-23)28(35)19-34(27-8-6-5-7-26(27)31)39(37,38)25-15-9-21(3)10-16-25/h5-16,20,22H,17-19H2,1-4H3,(H,32,36)/t22-/m0/s1. The molecule has 0 saturated heterocycles. The van der Waals surface area contributed by atoms with Crippen LogP contribution in [-0.2, 0) is 26.2 Å². The molecule has 1 atom stereocenters. The topological polar surface area (TPSA) is 86.8 Å². The summed E-state index contributed by atoms with van der Waals surface area (Å²) in [5.41, 5.74) is 1.06. The molecule has 3 aromatic carbocycles. The zero-order valence-electron chi connectivity index (χ0n) is 22.4. The number of halogens is 2. The number of hydrogen-bond donors (Lipinski definition) is 1. The molecule has 0 aliphatic heterocycles. The molecule has 0 spiro atoms. The fourth-order valence-corrected chi connectivity index (χ4v) is 5.25. The molecule has 3 aromatic rings. The molecule has 208 valence electrons. The van der Waals surface area contributed by atoms with E-state index < -0.39 is 46.1 Å². The number of amides is 2. The smallest absolute Gasteiger partial charge is 0.264 e. The van der Waals surface area contributed by atoms with Crippen LogP contribution in [0.1, 0.15) is 31.9 Å². The van der Waals surface area contributed by atoms with Gasteiger partial charge in [-0.1, -0.05) is 55.8 Å². The summed E-state index contributed by atoms with van der Waals surface area (Å²) in [6.45, 7) is 6.70. The summed E-state index contributed by atoms with van der Waals surface area (Å²) in [6, 6.07) is 15.7. The number of rotatable bonds is 11. The van der Waals surface area contributed by atoms with E-state index in [2.05, 4.69) is 5.32 Å². The Hall–Kier alpha value is -3.79. The molecule has 2 amide bonds. The number of carbonyl (C=O) groups excluding carboxylic acids is 2. The summed E-state index contributed by atoms with van der Waals surface area (Å²) in [5.74, 6) is -2.29. The van der Waals surface area contributed by atoms with Gasteiger partial charge in [-0.2, -0.15) is 0 Å². The second-order valence-corrected chi connectivity index (χ2v) is 11.6. The minimum absolute atomic E-state index is 0.0922. The lowest BCUT2D eigenvalue weighted by atomic mass is 10.1. The average Bonchev–Trinajstić information content (AvgIpc) is 2.90. The molecule has 39 heavy (non-hydrogen) atoms. The molecule has 0 saturated carbocycles. The van der Waals surface area contributed by atoms with Gasteiger partial charge in [0.2, 0.25) is 11.8 Å². The predicted octanol–water partition coefficient (Wildman–Crippen LogP) is 4.66. The van der Waals surface area contributed by atoms with Crippen LogP contribution >= 0.6 is 0 Å². The molecular formula is C29H33F2N3O4S. The zero-order valence-corrected chi connectivity index (χ0v) is 23.2. The third-order valence-electron chi connectivity index (χ3n) is 6.13. The largest absolute Gasteiger partial charge is 0.354 e. The highest BCUT2D eigenvalue weighted by atomic mass is 32.2. The lowest BCUT2D eigenvalue weighted by molar-refractivity contribution is -0.139. The van der Waals surface area contributed by atoms with E-state index in [1.807, 2.05) is 13.8 Å². The summed E-state index contributed by atoms with van der Waals surface area (Å²) in [6.07, 6.45) is 0. The van der Waals surface area contributed by atoms with Crippen molar-refractivity contribution in [3.8, 4) is 0 Å². The number of nitrogens with one attached hydrogen (secondary N) is 1. The number of carbonyl (C=O) groups is 2. The molecule has 1 N–H and O–H groups in total. The van der Waals surface area contributed by atoms with Crippen molar-refractivity contribution in [1.82, 2.24) is 10.2 Å². The predicted molar refractivity (Wildman–Crippen MR) is 146 cm³/mol. The fourth-order valence-electron chi connectivity index (χ4n) is 3.83. The minimum Gasteiger partial charge on any atom is -0.354 e. The van der Waals surface area contributed by atoms with Gasteiger partial charge in [-0.25, -0.2) is 17.2 Å². The maximum Gasteiger partial charge on any atom is 0.264 e. The van der Waals surface area contributed by atoms with Crippen molar-refractivity contribution < 1.29 is 26.8 Å². The van der Waals surface area contributed by atoms with E-state index in [0.717, 1.165) is 11.6 Å². The van der Waals surface area contributed by atoms with E-state index in [9.17, 15) is 26.8 Å². The molecule has 0 aromatic heterocycles. The molecule has 0 radical (unpaired) electrons. The van der Waals surface area contributed by atoms with Crippen molar-refractivity contribution in [3.63, 3.8) is 0 Å². The first-order chi connectivity index (χ1) is 18.4. The normalized spacial score (nSPS) is 12.2. The maximum atomic E-state index is 14.9. The molecule has 0 heterocycles. The van der Waals surface area contributed by atoms with E-state index in [4.69, 9.17) is 0 Å². The number of nitrogens with zero attached hydrogens (tertiary/aromatic N) is 2. The van der Waals surface area contributed by atoms with E-state index in [1.165, 1.54) is 66.4 Å². The number of para-hydroxylation sites is 1. The van der Waals surface area contributed by atoms with E-state index in [0.29, 0.717) is 16.4 Å². The molecule has 0 bridgehead atoms. The number of anilines is 1. The zero-order chi connectivity index (χ0) is 28.7. The van der Waals surface area contributed by atoms with Crippen LogP contribution in [0.5, 0.6) is 0 Å². The lowest BCUT2D eigenvalue weighted by Gasteiger charge is -2.32. The van der Waals surface area contributed by atoms with Gasteiger partial charge in [0.15, 0.2) is 0 Å². The molecule has 3 rings (SSSR count). The van der Waals surface area contributed by atoms with Crippen LogP contribution in [0.25, 0.3) is 0 Å². The van der Waals surface area contributed by atoms with Gasteiger partial charge < -0.3 is 10.2 Å². The summed E-state index contributed by atoms with van der Waals surface area (Å²) in [4.78, 5) is 27.8. The first-order valence-electron chi connectivity index (χ1n) is 12.6. The van der Waals surface area contributed by atoms with Crippen molar-refractivity contribution in [1.29, 1.82) is 0 Å². The van der Waals surface area contributed by atoms with Crippen molar-refractivity contribution in [2.75, 3.05) is 17.4 Å². The molecule has 0 aliphatic carbocycles. The van der Waals surface area contributed by atoms with E-state index in [1.54, 1.807) is 19.1 Å². The molecule has 7 nitrogen and oxygen atoms in total. The highest BCUT2D eigenvalue weighted by Gasteiger charge is 2.33. The third-order valence-corrected chi connectivity index (χ3v) is 7.90. The van der Waals surface area contributed by atoms with Crippen LogP contribution in [0.15, 0.2) is 77.7 Å². The van der Waals surface area contributed by atoms with Gasteiger partial charge >= 0.3 is 0 Å². The van der Waals surface area contributed by atoms with Crippen molar-refractivity contribution >= 4 is 27.5 Å². The molecular weight excluding hydrogens is 524 g/mol. The molecule has 0 aliphatic rings. The Morgan fingerprint density at radius 3 is 2.10 bits per heavy atom. The van der Waals surface area contributed by atoms with Gasteiger partial charge in [0.05, 0.1) is 10.6 Å². The minimum atomic E-state index is -4.37. The fraction of sp³-hybridized carbons (Fsp3) is 0.310. The Morgan fingerprint density at radius 2 is 1.51 bits per heavy atom. The molecule has 0 fully saturated rings. The van der Waals surface area contributed by atoms with Gasteiger partial charge in [0.25, 0.3) is 10.0 Å². The highest BCUT2D eigenvalue weighted by molar-refractivity contribution is 7.92. The van der Waals surface area contributed by atoms with Gasteiger partial charge in [0, 0.05) is 13.1 Å². The van der Waals surface area contributed by atoms with Crippen molar-refractivity contribution in [2.45, 2.75) is 45.2 Å². The highest BCUT2D eigenvalue weighted by Crippen LogP contribution is 2.27.